The first-order valence-corrected chi connectivity index (χ1v) is 10.3. The number of carbonyl (C=O) groups is 1. The van der Waals surface area contributed by atoms with Gasteiger partial charge < -0.3 is 0 Å². The van der Waals surface area contributed by atoms with E-state index in [9.17, 15) is 4.79 Å². The fraction of sp³-hybridized carbons (Fsp3) is 0.304. The van der Waals surface area contributed by atoms with Crippen LogP contribution in [0.2, 0.25) is 0 Å². The number of aryl methyl sites for hydroxylation is 2. The summed E-state index contributed by atoms with van der Waals surface area (Å²) in [5, 5.41) is 0.800. The molecule has 1 unspecified atom stereocenters. The number of amides is 1. The lowest BCUT2D eigenvalue weighted by Gasteiger charge is -2.21. The van der Waals surface area contributed by atoms with Gasteiger partial charge in [0.2, 0.25) is 5.91 Å². The van der Waals surface area contributed by atoms with Crippen molar-refractivity contribution >= 4 is 32.6 Å². The molecule has 0 fully saturated rings. The van der Waals surface area contributed by atoms with E-state index in [0.717, 1.165) is 33.8 Å². The van der Waals surface area contributed by atoms with Crippen LogP contribution in [0, 0.1) is 19.8 Å². The van der Waals surface area contributed by atoms with Crippen molar-refractivity contribution in [1.82, 2.24) is 4.98 Å². The SMILES string of the molecule is Cc1cc(C)c2nc(N(Cc3ccccc3)C(=O)CC3C=CCC3)sc2c1. The molecule has 1 heterocycles. The first-order chi connectivity index (χ1) is 13.1. The number of carbonyl (C=O) groups excluding carboxylic acids is 1. The molecule has 1 atom stereocenters. The highest BCUT2D eigenvalue weighted by atomic mass is 32.1. The second kappa shape index (κ2) is 7.65. The number of fused-ring (bicyclic) bond motifs is 1. The number of hydrogen-bond acceptors (Lipinski definition) is 3. The van der Waals surface area contributed by atoms with E-state index in [1.54, 1.807) is 11.3 Å². The van der Waals surface area contributed by atoms with Crippen LogP contribution in [0.3, 0.4) is 0 Å². The molecule has 0 aliphatic heterocycles. The molecule has 2 aromatic carbocycles. The van der Waals surface area contributed by atoms with Crippen LogP contribution >= 0.6 is 11.3 Å². The van der Waals surface area contributed by atoms with Gasteiger partial charge in [0.25, 0.3) is 0 Å². The van der Waals surface area contributed by atoms with Crippen LogP contribution in [-0.4, -0.2) is 10.9 Å². The van der Waals surface area contributed by atoms with Crippen LogP contribution < -0.4 is 4.90 Å². The predicted molar refractivity (Wildman–Crippen MR) is 113 cm³/mol. The number of rotatable bonds is 5. The van der Waals surface area contributed by atoms with Crippen molar-refractivity contribution < 1.29 is 4.79 Å². The molecule has 4 heteroatoms. The highest BCUT2D eigenvalue weighted by Crippen LogP contribution is 2.33. The number of thiazole rings is 1. The summed E-state index contributed by atoms with van der Waals surface area (Å²) in [6, 6.07) is 14.5. The summed E-state index contributed by atoms with van der Waals surface area (Å²) in [5.74, 6) is 0.512. The smallest absolute Gasteiger partial charge is 0.229 e. The summed E-state index contributed by atoms with van der Waals surface area (Å²) >= 11 is 1.62. The molecular formula is C23H24N2OS. The van der Waals surface area contributed by atoms with Crippen LogP contribution in [-0.2, 0) is 11.3 Å². The Balaban J connectivity index is 1.69. The zero-order valence-corrected chi connectivity index (χ0v) is 16.6. The topological polar surface area (TPSA) is 33.2 Å². The summed E-state index contributed by atoms with van der Waals surface area (Å²) in [6.07, 6.45) is 7.07. The van der Waals surface area contributed by atoms with Gasteiger partial charge in [-0.1, -0.05) is 59.9 Å². The lowest BCUT2D eigenvalue weighted by atomic mass is 10.0. The molecule has 1 aliphatic rings. The fourth-order valence-corrected chi connectivity index (χ4v) is 4.86. The molecule has 0 saturated heterocycles. The molecule has 0 bridgehead atoms. The third-order valence-electron chi connectivity index (χ3n) is 5.08. The van der Waals surface area contributed by atoms with Crippen molar-refractivity contribution in [1.29, 1.82) is 0 Å². The molecule has 27 heavy (non-hydrogen) atoms. The minimum Gasteiger partial charge on any atom is -0.284 e. The van der Waals surface area contributed by atoms with Gasteiger partial charge in [0, 0.05) is 6.42 Å². The van der Waals surface area contributed by atoms with E-state index in [2.05, 4.69) is 50.3 Å². The zero-order chi connectivity index (χ0) is 18.8. The van der Waals surface area contributed by atoms with E-state index in [4.69, 9.17) is 4.98 Å². The van der Waals surface area contributed by atoms with Gasteiger partial charge in [0.1, 0.15) is 0 Å². The molecule has 1 aromatic heterocycles. The summed E-state index contributed by atoms with van der Waals surface area (Å²) in [7, 11) is 0. The maximum atomic E-state index is 13.2. The molecule has 0 radical (unpaired) electrons. The van der Waals surface area contributed by atoms with Crippen LogP contribution in [0.15, 0.2) is 54.6 Å². The lowest BCUT2D eigenvalue weighted by Crippen LogP contribution is -2.31. The Morgan fingerprint density at radius 2 is 2.04 bits per heavy atom. The Morgan fingerprint density at radius 1 is 1.22 bits per heavy atom. The zero-order valence-electron chi connectivity index (χ0n) is 15.8. The van der Waals surface area contributed by atoms with Crippen molar-refractivity contribution in [3.05, 3.63) is 71.3 Å². The molecule has 0 spiro atoms. The Morgan fingerprint density at radius 3 is 2.78 bits per heavy atom. The predicted octanol–water partition coefficient (Wildman–Crippen LogP) is 5.80. The third kappa shape index (κ3) is 3.96. The monoisotopic (exact) mass is 376 g/mol. The Hall–Kier alpha value is -2.46. The van der Waals surface area contributed by atoms with Crippen molar-refractivity contribution in [2.24, 2.45) is 5.92 Å². The van der Waals surface area contributed by atoms with Gasteiger partial charge >= 0.3 is 0 Å². The molecule has 3 nitrogen and oxygen atoms in total. The molecule has 4 rings (SSSR count). The molecular weight excluding hydrogens is 352 g/mol. The maximum absolute atomic E-state index is 13.2. The second-order valence-electron chi connectivity index (χ2n) is 7.36. The van der Waals surface area contributed by atoms with E-state index < -0.39 is 0 Å². The summed E-state index contributed by atoms with van der Waals surface area (Å²) in [5.41, 5.74) is 4.53. The normalized spacial score (nSPS) is 16.1. The fourth-order valence-electron chi connectivity index (χ4n) is 3.70. The van der Waals surface area contributed by atoms with Crippen molar-refractivity contribution in [3.63, 3.8) is 0 Å². The number of anilines is 1. The highest BCUT2D eigenvalue weighted by molar-refractivity contribution is 7.22. The number of aromatic nitrogens is 1. The minimum atomic E-state index is 0.156. The van der Waals surface area contributed by atoms with Crippen molar-refractivity contribution in [2.45, 2.75) is 39.7 Å². The number of benzene rings is 2. The second-order valence-corrected chi connectivity index (χ2v) is 8.37. The molecule has 0 N–H and O–H groups in total. The summed E-state index contributed by atoms with van der Waals surface area (Å²) < 4.78 is 1.15. The van der Waals surface area contributed by atoms with E-state index in [-0.39, 0.29) is 5.91 Å². The molecule has 138 valence electrons. The lowest BCUT2D eigenvalue weighted by molar-refractivity contribution is -0.119. The van der Waals surface area contributed by atoms with Crippen LogP contribution in [0.5, 0.6) is 0 Å². The Kier molecular flexibility index (Phi) is 5.08. The van der Waals surface area contributed by atoms with E-state index in [1.807, 2.05) is 23.1 Å². The van der Waals surface area contributed by atoms with Crippen LogP contribution in [0.4, 0.5) is 5.13 Å². The quantitative estimate of drug-likeness (QED) is 0.527. The van der Waals surface area contributed by atoms with Gasteiger partial charge in [0.15, 0.2) is 5.13 Å². The Labute approximate surface area is 164 Å². The average molecular weight is 377 g/mol. The van der Waals surface area contributed by atoms with Gasteiger partial charge in [-0.05, 0) is 55.4 Å². The number of allylic oxidation sites excluding steroid dienone is 2. The van der Waals surface area contributed by atoms with E-state index in [0.29, 0.717) is 18.9 Å². The van der Waals surface area contributed by atoms with Crippen LogP contribution in [0.25, 0.3) is 10.2 Å². The Bertz CT molecular complexity index is 990. The molecule has 1 aliphatic carbocycles. The summed E-state index contributed by atoms with van der Waals surface area (Å²) in [6.45, 7) is 4.75. The van der Waals surface area contributed by atoms with Crippen molar-refractivity contribution in [3.8, 4) is 0 Å². The number of nitrogens with zero attached hydrogens (tertiary/aromatic N) is 2. The van der Waals surface area contributed by atoms with Gasteiger partial charge in [0.05, 0.1) is 16.8 Å². The molecule has 0 saturated carbocycles. The highest BCUT2D eigenvalue weighted by Gasteiger charge is 2.24. The van der Waals surface area contributed by atoms with Crippen LogP contribution in [0.1, 0.15) is 36.0 Å². The first-order valence-electron chi connectivity index (χ1n) is 9.49. The van der Waals surface area contributed by atoms with Crippen molar-refractivity contribution in [2.75, 3.05) is 4.90 Å². The minimum absolute atomic E-state index is 0.156. The first kappa shape index (κ1) is 17.9. The molecule has 3 aromatic rings. The van der Waals surface area contributed by atoms with Gasteiger partial charge in [-0.25, -0.2) is 4.98 Å². The number of hydrogen-bond donors (Lipinski definition) is 0. The summed E-state index contributed by atoms with van der Waals surface area (Å²) in [4.78, 5) is 19.9. The largest absolute Gasteiger partial charge is 0.284 e. The average Bonchev–Trinajstić information content (AvgIpc) is 3.30. The van der Waals surface area contributed by atoms with E-state index >= 15 is 0 Å². The standard InChI is InChI=1S/C23H24N2OS/c1-16-12-17(2)22-20(13-16)27-23(24-22)25(15-19-10-4-3-5-11-19)21(26)14-18-8-6-7-9-18/h3-6,8,10-13,18H,7,9,14-15H2,1-2H3. The van der Waals surface area contributed by atoms with Gasteiger partial charge in [-0.15, -0.1) is 0 Å². The van der Waals surface area contributed by atoms with E-state index in [1.165, 1.54) is 11.1 Å². The maximum Gasteiger partial charge on any atom is 0.229 e. The third-order valence-corrected chi connectivity index (χ3v) is 6.11. The molecule has 1 amide bonds. The van der Waals surface area contributed by atoms with Gasteiger partial charge in [-0.2, -0.15) is 0 Å². The van der Waals surface area contributed by atoms with Gasteiger partial charge in [-0.3, -0.25) is 9.69 Å².